The predicted molar refractivity (Wildman–Crippen MR) is 55.9 cm³/mol. The first kappa shape index (κ1) is 11.7. The van der Waals surface area contributed by atoms with Crippen molar-refractivity contribution in [3.8, 4) is 0 Å². The summed E-state index contributed by atoms with van der Waals surface area (Å²) in [5.74, 6) is -0.156. The van der Waals surface area contributed by atoms with E-state index >= 15 is 0 Å². The Morgan fingerprint density at radius 2 is 1.86 bits per heavy atom. The lowest BCUT2D eigenvalue weighted by Crippen LogP contribution is -2.33. The van der Waals surface area contributed by atoms with Crippen LogP contribution in [0.25, 0.3) is 0 Å². The van der Waals surface area contributed by atoms with Gasteiger partial charge in [-0.05, 0) is 19.8 Å². The number of hydrogen-bond donors (Lipinski definition) is 0. The summed E-state index contributed by atoms with van der Waals surface area (Å²) in [6.07, 6.45) is 3.76. The molecule has 4 heteroatoms. The number of hydrogen-bond acceptors (Lipinski definition) is 3. The molecule has 1 saturated carbocycles. The van der Waals surface area contributed by atoms with Gasteiger partial charge in [0.05, 0.1) is 5.25 Å². The van der Waals surface area contributed by atoms with Gasteiger partial charge < -0.3 is 0 Å². The Morgan fingerprint density at radius 1 is 1.36 bits per heavy atom. The summed E-state index contributed by atoms with van der Waals surface area (Å²) in [7, 11) is -3.20. The van der Waals surface area contributed by atoms with Gasteiger partial charge in [0.1, 0.15) is 11.0 Å². The molecule has 82 valence electrons. The van der Waals surface area contributed by atoms with Gasteiger partial charge in [-0.25, -0.2) is 8.42 Å². The van der Waals surface area contributed by atoms with Gasteiger partial charge in [0.15, 0.2) is 9.84 Å². The topological polar surface area (TPSA) is 51.2 Å². The van der Waals surface area contributed by atoms with Crippen LogP contribution in [0.5, 0.6) is 0 Å². The average Bonchev–Trinajstić information content (AvgIpc) is 2.68. The maximum absolute atomic E-state index is 11.9. The third kappa shape index (κ3) is 2.16. The molecule has 1 rings (SSSR count). The molecule has 0 aliphatic heterocycles. The minimum Gasteiger partial charge on any atom is -0.298 e. The van der Waals surface area contributed by atoms with Gasteiger partial charge in [-0.3, -0.25) is 4.79 Å². The summed E-state index contributed by atoms with van der Waals surface area (Å²) in [5.41, 5.74) is 0. The van der Waals surface area contributed by atoms with Crippen LogP contribution in [-0.2, 0) is 14.6 Å². The molecule has 0 aromatic rings. The number of carbonyl (C=O) groups is 1. The van der Waals surface area contributed by atoms with Crippen LogP contribution in [0.2, 0.25) is 0 Å². The van der Waals surface area contributed by atoms with E-state index in [1.165, 1.54) is 6.92 Å². The fourth-order valence-corrected chi connectivity index (χ4v) is 4.08. The number of carbonyl (C=O) groups excluding carboxylic acids is 1. The molecule has 3 nitrogen and oxygen atoms in total. The van der Waals surface area contributed by atoms with E-state index in [9.17, 15) is 13.2 Å². The highest BCUT2D eigenvalue weighted by molar-refractivity contribution is 7.93. The third-order valence-electron chi connectivity index (χ3n) is 3.06. The van der Waals surface area contributed by atoms with Crippen molar-refractivity contribution in [2.75, 3.05) is 0 Å². The summed E-state index contributed by atoms with van der Waals surface area (Å²) in [6.45, 7) is 3.24. The van der Waals surface area contributed by atoms with Crippen LogP contribution in [0.15, 0.2) is 0 Å². The van der Waals surface area contributed by atoms with Crippen molar-refractivity contribution in [1.29, 1.82) is 0 Å². The molecule has 0 spiro atoms. The van der Waals surface area contributed by atoms with E-state index in [4.69, 9.17) is 0 Å². The second-order valence-electron chi connectivity index (χ2n) is 3.96. The van der Waals surface area contributed by atoms with Gasteiger partial charge in [-0.2, -0.15) is 0 Å². The summed E-state index contributed by atoms with van der Waals surface area (Å²) >= 11 is 0. The Morgan fingerprint density at radius 3 is 2.29 bits per heavy atom. The van der Waals surface area contributed by atoms with Crippen molar-refractivity contribution < 1.29 is 13.2 Å². The van der Waals surface area contributed by atoms with Crippen LogP contribution in [0.4, 0.5) is 0 Å². The van der Waals surface area contributed by atoms with Crippen molar-refractivity contribution in [2.45, 2.75) is 56.5 Å². The summed E-state index contributed by atoms with van der Waals surface area (Å²) in [4.78, 5) is 11.3. The molecule has 0 amide bonds. The standard InChI is InChI=1S/C10H18O3S/c1-3-10(11)8(2)14(12,13)9-6-4-5-7-9/h8-9H,3-7H2,1-2H3. The quantitative estimate of drug-likeness (QED) is 0.721. The molecular formula is C10H18O3S. The first-order chi connectivity index (χ1) is 6.50. The van der Waals surface area contributed by atoms with E-state index in [1.807, 2.05) is 0 Å². The molecule has 0 aromatic carbocycles. The number of rotatable bonds is 4. The van der Waals surface area contributed by atoms with Gasteiger partial charge in [0.25, 0.3) is 0 Å². The largest absolute Gasteiger partial charge is 0.298 e. The molecule has 1 unspecified atom stereocenters. The van der Waals surface area contributed by atoms with Gasteiger partial charge in [-0.15, -0.1) is 0 Å². The summed E-state index contributed by atoms with van der Waals surface area (Å²) in [5, 5.41) is -1.05. The molecule has 1 aliphatic rings. The fourth-order valence-electron chi connectivity index (χ4n) is 1.98. The van der Waals surface area contributed by atoms with Crippen LogP contribution in [-0.4, -0.2) is 24.7 Å². The predicted octanol–water partition coefficient (Wildman–Crippen LogP) is 1.71. The van der Waals surface area contributed by atoms with Crippen LogP contribution in [0, 0.1) is 0 Å². The number of sulfone groups is 1. The highest BCUT2D eigenvalue weighted by Crippen LogP contribution is 2.27. The first-order valence-electron chi connectivity index (χ1n) is 5.25. The average molecular weight is 218 g/mol. The SMILES string of the molecule is CCC(=O)C(C)S(=O)(=O)C1CCCC1. The minimum atomic E-state index is -3.20. The van der Waals surface area contributed by atoms with Crippen LogP contribution >= 0.6 is 0 Å². The number of Topliss-reactive ketones (excluding diaryl/α,β-unsaturated/α-hetero) is 1. The van der Waals surface area contributed by atoms with Gasteiger partial charge in [0, 0.05) is 6.42 Å². The number of ketones is 1. The van der Waals surface area contributed by atoms with Crippen molar-refractivity contribution in [2.24, 2.45) is 0 Å². The van der Waals surface area contributed by atoms with Crippen molar-refractivity contribution in [3.05, 3.63) is 0 Å². The normalized spacial score (nSPS) is 21.0. The van der Waals surface area contributed by atoms with Crippen LogP contribution < -0.4 is 0 Å². The molecule has 1 aliphatic carbocycles. The van der Waals surface area contributed by atoms with E-state index in [-0.39, 0.29) is 11.0 Å². The first-order valence-corrected chi connectivity index (χ1v) is 6.86. The van der Waals surface area contributed by atoms with E-state index in [0.29, 0.717) is 6.42 Å². The Hall–Kier alpha value is -0.380. The molecule has 1 fully saturated rings. The molecule has 0 N–H and O–H groups in total. The Labute approximate surface area is 85.8 Å². The Kier molecular flexibility index (Phi) is 3.70. The van der Waals surface area contributed by atoms with Crippen molar-refractivity contribution in [1.82, 2.24) is 0 Å². The second kappa shape index (κ2) is 4.43. The molecule has 0 heterocycles. The molecule has 0 radical (unpaired) electrons. The Balaban J connectivity index is 2.78. The zero-order valence-electron chi connectivity index (χ0n) is 8.82. The highest BCUT2D eigenvalue weighted by Gasteiger charge is 2.35. The monoisotopic (exact) mass is 218 g/mol. The van der Waals surface area contributed by atoms with E-state index < -0.39 is 15.1 Å². The maximum atomic E-state index is 11.9. The van der Waals surface area contributed by atoms with Crippen LogP contribution in [0.3, 0.4) is 0 Å². The van der Waals surface area contributed by atoms with E-state index in [2.05, 4.69) is 0 Å². The van der Waals surface area contributed by atoms with Gasteiger partial charge >= 0.3 is 0 Å². The lowest BCUT2D eigenvalue weighted by molar-refractivity contribution is -0.118. The highest BCUT2D eigenvalue weighted by atomic mass is 32.2. The summed E-state index contributed by atoms with van der Waals surface area (Å²) < 4.78 is 23.8. The molecule has 0 saturated heterocycles. The lowest BCUT2D eigenvalue weighted by Gasteiger charge is -2.16. The smallest absolute Gasteiger partial charge is 0.162 e. The third-order valence-corrected chi connectivity index (χ3v) is 5.71. The van der Waals surface area contributed by atoms with E-state index in [1.54, 1.807) is 6.92 Å². The maximum Gasteiger partial charge on any atom is 0.162 e. The molecule has 14 heavy (non-hydrogen) atoms. The van der Waals surface area contributed by atoms with E-state index in [0.717, 1.165) is 25.7 Å². The lowest BCUT2D eigenvalue weighted by atomic mass is 10.2. The Bertz CT molecular complexity index is 299. The zero-order chi connectivity index (χ0) is 10.8. The fraction of sp³-hybridized carbons (Fsp3) is 0.900. The zero-order valence-corrected chi connectivity index (χ0v) is 9.64. The molecule has 0 aromatic heterocycles. The molecule has 1 atom stereocenters. The molecule has 0 bridgehead atoms. The van der Waals surface area contributed by atoms with Crippen molar-refractivity contribution in [3.63, 3.8) is 0 Å². The summed E-state index contributed by atoms with van der Waals surface area (Å²) in [6, 6.07) is 0. The second-order valence-corrected chi connectivity index (χ2v) is 6.51. The molecular weight excluding hydrogens is 200 g/mol. The van der Waals surface area contributed by atoms with Crippen molar-refractivity contribution >= 4 is 15.6 Å². The minimum absolute atomic E-state index is 0.156. The van der Waals surface area contributed by atoms with Crippen LogP contribution in [0.1, 0.15) is 46.0 Å². The van der Waals surface area contributed by atoms with Gasteiger partial charge in [-0.1, -0.05) is 19.8 Å². The van der Waals surface area contributed by atoms with Gasteiger partial charge in [0.2, 0.25) is 0 Å².